The Hall–Kier alpha value is -8.33. The second kappa shape index (κ2) is 14.1. The first-order chi connectivity index (χ1) is 31.2. The van der Waals surface area contributed by atoms with Crippen molar-refractivity contribution in [1.82, 2.24) is 29.5 Å². The maximum atomic E-state index is 6.36. The Bertz CT molecular complexity index is 3860. The molecule has 0 radical (unpaired) electrons. The Kier molecular flexibility index (Phi) is 7.94. The van der Waals surface area contributed by atoms with Crippen LogP contribution in [-0.4, -0.2) is 29.5 Å². The minimum atomic E-state index is 0.616. The molecule has 0 aliphatic carbocycles. The highest BCUT2D eigenvalue weighted by molar-refractivity contribution is 7.25. The summed E-state index contributed by atoms with van der Waals surface area (Å²) in [7, 11) is 0. The van der Waals surface area contributed by atoms with Crippen molar-refractivity contribution in [2.75, 3.05) is 0 Å². The topological polar surface area (TPSA) is 82.5 Å². The SMILES string of the molecule is c1ccc(-c2nc(-c3ccc(-n4c5ccccc5c5ccccc54)cc3)nc(-c3ccc4sc5cc(-c6nc(-c7ccccc7)c7oc8ccccc8c7n6)ccc5c4c3)n2)cc1. The van der Waals surface area contributed by atoms with Gasteiger partial charge in [0.25, 0.3) is 0 Å². The number of fused-ring (bicyclic) bond motifs is 9. The third kappa shape index (κ3) is 5.84. The van der Waals surface area contributed by atoms with E-state index in [1.54, 1.807) is 11.3 Å². The summed E-state index contributed by atoms with van der Waals surface area (Å²) in [4.78, 5) is 25.5. The zero-order valence-electron chi connectivity index (χ0n) is 33.5. The van der Waals surface area contributed by atoms with Crippen LogP contribution >= 0.6 is 11.3 Å². The molecule has 5 aromatic heterocycles. The van der Waals surface area contributed by atoms with E-state index in [1.165, 1.54) is 26.5 Å². The second-order valence-corrected chi connectivity index (χ2v) is 16.7. The maximum absolute atomic E-state index is 6.36. The van der Waals surface area contributed by atoms with Crippen LogP contribution in [0, 0.1) is 0 Å². The quantitative estimate of drug-likeness (QED) is 0.166. The van der Waals surface area contributed by atoms with E-state index in [9.17, 15) is 0 Å². The number of para-hydroxylation sites is 3. The standard InChI is InChI=1S/C55H32N6OS/c1-3-13-33(14-4-1)49-51-50(42-19-9-12-22-46(42)62-51)57-54(56-49)37-25-29-41-43-31-36(26-30-47(43)63-48(41)32-37)55-59-52(34-15-5-2-6-16-34)58-53(60-55)35-23-27-38(28-24-35)61-44-20-10-7-17-39(44)40-18-8-11-21-45(40)61/h1-32H. The molecule has 13 rings (SSSR count). The molecule has 8 aromatic carbocycles. The highest BCUT2D eigenvalue weighted by Gasteiger charge is 2.20. The van der Waals surface area contributed by atoms with Crippen LogP contribution in [0.4, 0.5) is 0 Å². The van der Waals surface area contributed by atoms with Crippen LogP contribution in [0.3, 0.4) is 0 Å². The van der Waals surface area contributed by atoms with Crippen LogP contribution in [0.25, 0.3) is 127 Å². The van der Waals surface area contributed by atoms with Gasteiger partial charge in [-0.15, -0.1) is 11.3 Å². The summed E-state index contributed by atoms with van der Waals surface area (Å²) in [5.74, 6) is 2.51. The van der Waals surface area contributed by atoms with E-state index >= 15 is 0 Å². The fourth-order valence-corrected chi connectivity index (χ4v) is 10.0. The summed E-state index contributed by atoms with van der Waals surface area (Å²) in [6.45, 7) is 0. The van der Waals surface area contributed by atoms with Crippen molar-refractivity contribution in [2.45, 2.75) is 0 Å². The molecular weight excluding hydrogens is 793 g/mol. The van der Waals surface area contributed by atoms with E-state index in [4.69, 9.17) is 29.3 Å². The van der Waals surface area contributed by atoms with Crippen molar-refractivity contribution >= 4 is 75.4 Å². The van der Waals surface area contributed by atoms with Gasteiger partial charge in [0.15, 0.2) is 28.9 Å². The second-order valence-electron chi connectivity index (χ2n) is 15.7. The number of thiophene rings is 1. The summed E-state index contributed by atoms with van der Waals surface area (Å²) in [6, 6.07) is 67.0. The minimum Gasteiger partial charge on any atom is -0.452 e. The Labute approximate surface area is 364 Å². The Morgan fingerprint density at radius 3 is 1.62 bits per heavy atom. The molecule has 0 saturated carbocycles. The van der Waals surface area contributed by atoms with Gasteiger partial charge in [-0.05, 0) is 72.8 Å². The third-order valence-corrected chi connectivity index (χ3v) is 13.0. The maximum Gasteiger partial charge on any atom is 0.180 e. The van der Waals surface area contributed by atoms with Gasteiger partial charge >= 0.3 is 0 Å². The largest absolute Gasteiger partial charge is 0.452 e. The Balaban J connectivity index is 0.908. The van der Waals surface area contributed by atoms with Crippen molar-refractivity contribution in [3.05, 3.63) is 194 Å². The number of furan rings is 1. The normalized spacial score (nSPS) is 11.8. The number of benzene rings is 8. The van der Waals surface area contributed by atoms with Gasteiger partial charge in [0.1, 0.15) is 16.8 Å². The van der Waals surface area contributed by atoms with E-state index in [2.05, 4.69) is 132 Å². The lowest BCUT2D eigenvalue weighted by Crippen LogP contribution is -2.00. The molecule has 0 spiro atoms. The van der Waals surface area contributed by atoms with E-state index < -0.39 is 0 Å². The van der Waals surface area contributed by atoms with Crippen molar-refractivity contribution in [3.63, 3.8) is 0 Å². The average Bonchev–Trinajstić information content (AvgIpc) is 4.03. The van der Waals surface area contributed by atoms with Crippen molar-refractivity contribution in [1.29, 1.82) is 0 Å². The molecule has 0 aliphatic heterocycles. The van der Waals surface area contributed by atoms with Crippen LogP contribution in [0.5, 0.6) is 0 Å². The Morgan fingerprint density at radius 1 is 0.365 bits per heavy atom. The van der Waals surface area contributed by atoms with Gasteiger partial charge in [0.05, 0.1) is 11.0 Å². The molecule has 0 amide bonds. The molecule has 0 atom stereocenters. The van der Waals surface area contributed by atoms with Crippen LogP contribution in [0.1, 0.15) is 0 Å². The summed E-state index contributed by atoms with van der Waals surface area (Å²) in [5.41, 5.74) is 11.2. The van der Waals surface area contributed by atoms with E-state index in [0.29, 0.717) is 28.9 Å². The van der Waals surface area contributed by atoms with E-state index in [1.807, 2.05) is 66.7 Å². The van der Waals surface area contributed by atoms with Gasteiger partial charge < -0.3 is 8.98 Å². The monoisotopic (exact) mass is 824 g/mol. The molecule has 63 heavy (non-hydrogen) atoms. The molecule has 294 valence electrons. The lowest BCUT2D eigenvalue weighted by molar-refractivity contribution is 0.667. The van der Waals surface area contributed by atoms with Crippen LogP contribution < -0.4 is 0 Å². The zero-order valence-corrected chi connectivity index (χ0v) is 34.3. The highest BCUT2D eigenvalue weighted by Crippen LogP contribution is 2.40. The predicted molar refractivity (Wildman–Crippen MR) is 257 cm³/mol. The number of hydrogen-bond donors (Lipinski definition) is 0. The van der Waals surface area contributed by atoms with Gasteiger partial charge in [-0.25, -0.2) is 24.9 Å². The molecule has 0 saturated heterocycles. The molecule has 8 heteroatoms. The average molecular weight is 825 g/mol. The Morgan fingerprint density at radius 2 is 0.905 bits per heavy atom. The minimum absolute atomic E-state index is 0.616. The molecule has 0 N–H and O–H groups in total. The fourth-order valence-electron chi connectivity index (χ4n) is 8.88. The number of nitrogens with zero attached hydrogens (tertiary/aromatic N) is 6. The molecule has 0 bridgehead atoms. The van der Waals surface area contributed by atoms with Gasteiger partial charge in [-0.1, -0.05) is 121 Å². The summed E-state index contributed by atoms with van der Waals surface area (Å²) >= 11 is 1.75. The smallest absolute Gasteiger partial charge is 0.180 e. The molecule has 0 aliphatic rings. The van der Waals surface area contributed by atoms with Crippen LogP contribution in [-0.2, 0) is 0 Å². The molecular formula is C55H32N6OS. The van der Waals surface area contributed by atoms with Crippen molar-refractivity contribution in [2.24, 2.45) is 0 Å². The molecule has 0 fully saturated rings. The first-order valence-corrected chi connectivity index (χ1v) is 21.6. The molecule has 13 aromatic rings. The number of hydrogen-bond acceptors (Lipinski definition) is 7. The van der Waals surface area contributed by atoms with Crippen LogP contribution in [0.15, 0.2) is 199 Å². The van der Waals surface area contributed by atoms with Gasteiger partial charge in [-0.2, -0.15) is 0 Å². The van der Waals surface area contributed by atoms with Crippen LogP contribution in [0.2, 0.25) is 0 Å². The lowest BCUT2D eigenvalue weighted by Gasteiger charge is -2.11. The first kappa shape index (κ1) is 35.4. The molecule has 5 heterocycles. The first-order valence-electron chi connectivity index (χ1n) is 20.8. The number of aromatic nitrogens is 6. The summed E-state index contributed by atoms with van der Waals surface area (Å²) < 4.78 is 11.0. The van der Waals surface area contributed by atoms with Crippen molar-refractivity contribution in [3.8, 4) is 62.5 Å². The summed E-state index contributed by atoms with van der Waals surface area (Å²) in [6.07, 6.45) is 0. The lowest BCUT2D eigenvalue weighted by atomic mass is 10.1. The van der Waals surface area contributed by atoms with Gasteiger partial charge in [-0.3, -0.25) is 0 Å². The van der Waals surface area contributed by atoms with Gasteiger partial charge in [0, 0.05) is 69.8 Å². The fraction of sp³-hybridized carbons (Fsp3) is 0. The third-order valence-electron chi connectivity index (χ3n) is 11.9. The summed E-state index contributed by atoms with van der Waals surface area (Å²) in [5, 5.41) is 5.72. The highest BCUT2D eigenvalue weighted by atomic mass is 32.1. The van der Waals surface area contributed by atoms with Crippen molar-refractivity contribution < 1.29 is 4.42 Å². The van der Waals surface area contributed by atoms with E-state index in [0.717, 1.165) is 71.2 Å². The molecule has 7 nitrogen and oxygen atoms in total. The predicted octanol–water partition coefficient (Wildman–Crippen LogP) is 14.4. The van der Waals surface area contributed by atoms with E-state index in [-0.39, 0.29) is 0 Å². The molecule has 0 unspecified atom stereocenters. The zero-order chi connectivity index (χ0) is 41.4. The van der Waals surface area contributed by atoms with Gasteiger partial charge in [0.2, 0.25) is 0 Å². The number of rotatable bonds is 6.